The quantitative estimate of drug-likeness (QED) is 0.0309. The molecule has 0 unspecified atom stereocenters. The summed E-state index contributed by atoms with van der Waals surface area (Å²) >= 11 is 0. The van der Waals surface area contributed by atoms with Crippen LogP contribution in [0.5, 0.6) is 0 Å². The second-order valence-corrected chi connectivity index (χ2v) is 27.4. The van der Waals surface area contributed by atoms with Crippen LogP contribution in [0.1, 0.15) is 0 Å². The van der Waals surface area contributed by atoms with Crippen LogP contribution in [-0.2, 0) is 156 Å². The van der Waals surface area contributed by atoms with Crippen LogP contribution in [0, 0.1) is 0 Å². The third-order valence-corrected chi connectivity index (χ3v) is 16.2. The third-order valence-electron chi connectivity index (χ3n) is 12.2. The Bertz CT molecular complexity index is 3460. The highest BCUT2D eigenvalue weighted by Gasteiger charge is 2.61. The van der Waals surface area contributed by atoms with E-state index in [4.69, 9.17) is 51.7 Å². The molecule has 5 aliphatic heterocycles. The summed E-state index contributed by atoms with van der Waals surface area (Å²) in [5.41, 5.74) is 0. The standard InChI is InChI=1S/C30H51N3O49S8/c34-10-4(1-69-86(54,55)56)73-27(8(11(10)35)32-84(48,49)50)77-18-14(38)21(82-90(66,67)68)30(80-22(18)24(40)41)76-17-6(3-71-88(60,61)62)74-28(9(13(17)37)33-85(51,52)53)78-19-15(39)20(81-89(63,64)65)29(79-23(19)25(42)43)75-16-5(2-70-87(57,58)59)72-26(44)7(12(16)36)31-83(45,46)47/h4-23,26-39,44H,1-3H2,(H,40,41)(H,42,43)(H,45,46,47)(H,48,49,50)(H,51,52,53)(H,54,55,56)(H,57,58,59)(H,60,61,62)(H,63,64,65)(H,66,67,68)/t4-,5-,6-,7-,8-,9-,10-,11-,12-,13-,14+,15+,16-,17-,18+,19+,20-,21-,22+,23-,26+,27-,28-,29-,30-/m1/s1. The van der Waals surface area contributed by atoms with Crippen LogP contribution < -0.4 is 14.2 Å². The van der Waals surface area contributed by atoms with Crippen molar-refractivity contribution < 1.29 is 223 Å². The lowest BCUT2D eigenvalue weighted by molar-refractivity contribution is -0.372. The Labute approximate surface area is 502 Å². The van der Waals surface area contributed by atoms with E-state index in [2.05, 4.69) is 20.9 Å². The molecule has 5 saturated heterocycles. The van der Waals surface area contributed by atoms with Gasteiger partial charge < -0.3 is 88.6 Å². The van der Waals surface area contributed by atoms with Crippen LogP contribution in [-0.4, -0.2) is 335 Å². The monoisotopic (exact) mass is 1490 g/mol. The SMILES string of the molecule is O=C(O)[C@H]1O[C@@H](O[C@H]2[C@H](O)[C@@H](NS(=O)(=O)O)[C@@H](O[C@H]3[C@H](O)[C@@H](OS(=O)(=O)O)[C@H](O[C@H]4[C@H](O)[C@@H](NS(=O)(=O)O)[C@@H](O)O[C@@H]4COS(=O)(=O)O)O[C@H]3C(=O)O)O[C@@H]2COS(=O)(=O)O)[C@H](OS(=O)(=O)O)[C@@H](O)[C@@H]1O[C@H]1O[C@H](COS(=O)(=O)O)[C@@H](O)[C@H](O)[C@H]1NS(=O)(=O)O. The van der Waals surface area contributed by atoms with E-state index in [0.29, 0.717) is 0 Å². The molecule has 5 aliphatic rings. The number of rotatable bonds is 29. The molecule has 5 rings (SSSR count). The molecule has 0 saturated carbocycles. The van der Waals surface area contributed by atoms with Crippen LogP contribution in [0.3, 0.4) is 0 Å². The third kappa shape index (κ3) is 22.4. The number of hydrogen-bond acceptors (Lipinski definition) is 39. The average Bonchev–Trinajstić information content (AvgIpc) is 0.777. The number of carbonyl (C=O) groups is 2. The summed E-state index contributed by atoms with van der Waals surface area (Å²) in [6.07, 6.45) is -64.7. The van der Waals surface area contributed by atoms with Gasteiger partial charge >= 0.3 is 94.8 Å². The van der Waals surface area contributed by atoms with Gasteiger partial charge in [0.15, 0.2) is 55.9 Å². The van der Waals surface area contributed by atoms with Crippen molar-refractivity contribution in [2.24, 2.45) is 0 Å². The molecule has 5 fully saturated rings. The molecular formula is C30H51N3O49S8. The second kappa shape index (κ2) is 29.3. The zero-order valence-electron chi connectivity index (χ0n) is 43.0. The molecule has 90 heavy (non-hydrogen) atoms. The summed E-state index contributed by atoms with van der Waals surface area (Å²) in [4.78, 5) is 25.7. The largest absolute Gasteiger partial charge is 0.479 e. The number of carboxylic acids is 2. The lowest BCUT2D eigenvalue weighted by atomic mass is 9.94. The summed E-state index contributed by atoms with van der Waals surface area (Å²) in [5, 5.41) is 98.5. The summed E-state index contributed by atoms with van der Waals surface area (Å²) in [7, 11) is -46.4. The maximum atomic E-state index is 12.9. The first-order chi connectivity index (χ1) is 40.6. The fourth-order valence-corrected chi connectivity index (χ4v) is 12.5. The predicted octanol–water partition coefficient (Wildman–Crippen LogP) is -14.4. The zero-order chi connectivity index (χ0) is 68.7. The van der Waals surface area contributed by atoms with Gasteiger partial charge in [0.1, 0.15) is 97.5 Å². The van der Waals surface area contributed by atoms with E-state index >= 15 is 0 Å². The fourth-order valence-electron chi connectivity index (χ4n) is 8.79. The highest BCUT2D eigenvalue weighted by molar-refractivity contribution is 7.84. The van der Waals surface area contributed by atoms with Gasteiger partial charge in [-0.25, -0.2) is 30.5 Å². The van der Waals surface area contributed by atoms with Crippen molar-refractivity contribution >= 4 is 94.8 Å². The van der Waals surface area contributed by atoms with Crippen LogP contribution in [0.25, 0.3) is 0 Å². The molecule has 528 valence electrons. The first-order valence-electron chi connectivity index (χ1n) is 23.2. The maximum absolute atomic E-state index is 12.9. The molecule has 0 aliphatic carbocycles. The number of hydrogen-bond donors (Lipinski definition) is 20. The summed E-state index contributed by atoms with van der Waals surface area (Å²) < 4.78 is 338. The van der Waals surface area contributed by atoms with Crippen molar-refractivity contribution in [3.05, 3.63) is 0 Å². The van der Waals surface area contributed by atoms with Crippen molar-refractivity contribution in [3.8, 4) is 0 Å². The molecule has 0 radical (unpaired) electrons. The van der Waals surface area contributed by atoms with Gasteiger partial charge in [0.25, 0.3) is 0 Å². The van der Waals surface area contributed by atoms with Gasteiger partial charge in [0.2, 0.25) is 0 Å². The molecule has 52 nitrogen and oxygen atoms in total. The zero-order valence-corrected chi connectivity index (χ0v) is 49.5. The number of ether oxygens (including phenoxy) is 9. The molecule has 0 aromatic rings. The Balaban J connectivity index is 1.58. The minimum Gasteiger partial charge on any atom is -0.479 e. The van der Waals surface area contributed by atoms with E-state index in [1.807, 2.05) is 0 Å². The number of aliphatic hydroxyl groups excluding tert-OH is 7. The fraction of sp³-hybridized carbons (Fsp3) is 0.933. The lowest BCUT2D eigenvalue weighted by Gasteiger charge is -2.50. The normalized spacial score (nSPS) is 38.9. The van der Waals surface area contributed by atoms with E-state index in [0.717, 1.165) is 4.72 Å². The summed E-state index contributed by atoms with van der Waals surface area (Å²) in [6.45, 7) is -5.11. The Morgan fingerprint density at radius 2 is 0.633 bits per heavy atom. The molecule has 0 aromatic carbocycles. The molecular weight excluding hydrogens is 1440 g/mol. The topological polar surface area (TPSA) is 816 Å². The van der Waals surface area contributed by atoms with Crippen LogP contribution in [0.15, 0.2) is 0 Å². The van der Waals surface area contributed by atoms with Gasteiger partial charge in [0, 0.05) is 0 Å². The molecule has 0 amide bonds. The minimum absolute atomic E-state index is 1.15. The molecule has 20 N–H and O–H groups in total. The molecule has 60 heteroatoms. The maximum Gasteiger partial charge on any atom is 0.397 e. The van der Waals surface area contributed by atoms with E-state index in [1.165, 1.54) is 9.44 Å². The van der Waals surface area contributed by atoms with Crippen molar-refractivity contribution in [3.63, 3.8) is 0 Å². The Kier molecular flexibility index (Phi) is 25.4. The summed E-state index contributed by atoms with van der Waals surface area (Å²) in [6, 6.07) is -8.27. The van der Waals surface area contributed by atoms with Crippen molar-refractivity contribution in [1.29, 1.82) is 0 Å². The van der Waals surface area contributed by atoms with Crippen LogP contribution in [0.2, 0.25) is 0 Å². The van der Waals surface area contributed by atoms with Crippen molar-refractivity contribution in [2.45, 2.75) is 153 Å². The van der Waals surface area contributed by atoms with E-state index in [1.54, 1.807) is 0 Å². The first kappa shape index (κ1) is 78.0. The van der Waals surface area contributed by atoms with Gasteiger partial charge in [-0.15, -0.1) is 0 Å². The van der Waals surface area contributed by atoms with Gasteiger partial charge in [-0.1, -0.05) is 0 Å². The van der Waals surface area contributed by atoms with Crippen LogP contribution >= 0.6 is 0 Å². The number of nitrogens with one attached hydrogen (secondary N) is 3. The smallest absolute Gasteiger partial charge is 0.397 e. The lowest BCUT2D eigenvalue weighted by Crippen LogP contribution is -2.71. The highest BCUT2D eigenvalue weighted by atomic mass is 32.3. The Morgan fingerprint density at radius 3 is 0.967 bits per heavy atom. The van der Waals surface area contributed by atoms with Crippen molar-refractivity contribution in [1.82, 2.24) is 14.2 Å². The Morgan fingerprint density at radius 1 is 0.333 bits per heavy atom. The average molecular weight is 1490 g/mol. The number of aliphatic hydroxyl groups is 7. The molecule has 5 heterocycles. The predicted molar refractivity (Wildman–Crippen MR) is 257 cm³/mol. The van der Waals surface area contributed by atoms with E-state index in [9.17, 15) is 150 Å². The van der Waals surface area contributed by atoms with Crippen molar-refractivity contribution in [2.75, 3.05) is 19.8 Å². The Hall–Kier alpha value is -2.74. The van der Waals surface area contributed by atoms with E-state index < -0.39 is 268 Å². The molecule has 0 aromatic heterocycles. The summed E-state index contributed by atoms with van der Waals surface area (Å²) in [5.74, 6) is -4.94. The van der Waals surface area contributed by atoms with Gasteiger partial charge in [-0.05, 0) is 0 Å². The number of carboxylic acid groups (broad SMARTS) is 2. The number of aliphatic carboxylic acids is 2. The highest BCUT2D eigenvalue weighted by Crippen LogP contribution is 2.38. The molecule has 0 spiro atoms. The molecule has 0 bridgehead atoms. The first-order valence-corrected chi connectivity index (χ1v) is 34.3. The van der Waals surface area contributed by atoms with Gasteiger partial charge in [-0.3, -0.25) is 36.4 Å². The van der Waals surface area contributed by atoms with Gasteiger partial charge in [-0.2, -0.15) is 81.5 Å². The van der Waals surface area contributed by atoms with E-state index in [-0.39, 0.29) is 0 Å². The van der Waals surface area contributed by atoms with Gasteiger partial charge in [0.05, 0.1) is 19.8 Å². The van der Waals surface area contributed by atoms with Crippen LogP contribution in [0.4, 0.5) is 0 Å². The second-order valence-electron chi connectivity index (χ2n) is 18.5. The minimum atomic E-state index is -6.17. The molecule has 25 atom stereocenters.